The van der Waals surface area contributed by atoms with E-state index < -0.39 is 0 Å². The summed E-state index contributed by atoms with van der Waals surface area (Å²) in [6.07, 6.45) is 0.701. The normalized spacial score (nSPS) is 10.8. The van der Waals surface area contributed by atoms with Crippen molar-refractivity contribution in [3.63, 3.8) is 0 Å². The van der Waals surface area contributed by atoms with E-state index in [0.717, 1.165) is 28.2 Å². The van der Waals surface area contributed by atoms with E-state index in [1.165, 1.54) is 0 Å². The van der Waals surface area contributed by atoms with Crippen molar-refractivity contribution in [2.75, 3.05) is 7.11 Å². The molecular weight excluding hydrogens is 240 g/mol. The third-order valence-electron chi connectivity index (χ3n) is 3.02. The molecule has 0 aliphatic heterocycles. The van der Waals surface area contributed by atoms with Crippen LogP contribution >= 0.6 is 0 Å². The Hall–Kier alpha value is -2.49. The number of methoxy groups -OCH3 is 1. The Morgan fingerprint density at radius 1 is 1.21 bits per heavy atom. The van der Waals surface area contributed by atoms with E-state index in [1.807, 2.05) is 24.3 Å². The van der Waals surface area contributed by atoms with Gasteiger partial charge in [0.1, 0.15) is 17.3 Å². The van der Waals surface area contributed by atoms with Gasteiger partial charge in [-0.1, -0.05) is 12.1 Å². The van der Waals surface area contributed by atoms with Crippen molar-refractivity contribution in [3.8, 4) is 11.5 Å². The molecule has 4 heteroatoms. The number of ether oxygens (including phenoxy) is 1. The van der Waals surface area contributed by atoms with Gasteiger partial charge in [0, 0.05) is 12.5 Å². The molecule has 0 saturated heterocycles. The molecular formula is C15H14N2O2. The topological polar surface area (TPSA) is 58.1 Å². The fourth-order valence-corrected chi connectivity index (χ4v) is 2.11. The smallest absolute Gasteiger partial charge is 0.119 e. The van der Waals surface area contributed by atoms with Gasteiger partial charge in [-0.15, -0.1) is 0 Å². The van der Waals surface area contributed by atoms with Crippen molar-refractivity contribution in [2.45, 2.75) is 6.42 Å². The van der Waals surface area contributed by atoms with Gasteiger partial charge < -0.3 is 14.8 Å². The van der Waals surface area contributed by atoms with Crippen LogP contribution in [0.2, 0.25) is 0 Å². The van der Waals surface area contributed by atoms with Crippen LogP contribution in [-0.2, 0) is 6.42 Å². The van der Waals surface area contributed by atoms with Crippen LogP contribution in [-0.4, -0.2) is 22.2 Å². The lowest BCUT2D eigenvalue weighted by Gasteiger charge is -2.02. The van der Waals surface area contributed by atoms with Gasteiger partial charge >= 0.3 is 0 Å². The average Bonchev–Trinajstić information content (AvgIpc) is 2.80. The van der Waals surface area contributed by atoms with Crippen molar-refractivity contribution < 1.29 is 9.84 Å². The summed E-state index contributed by atoms with van der Waals surface area (Å²) >= 11 is 0. The fraction of sp³-hybridized carbons (Fsp3) is 0.133. The zero-order chi connectivity index (χ0) is 13.2. The molecule has 0 spiro atoms. The van der Waals surface area contributed by atoms with Gasteiger partial charge in [-0.05, 0) is 29.8 Å². The molecule has 0 aliphatic rings. The summed E-state index contributed by atoms with van der Waals surface area (Å²) in [5, 5.41) is 9.43. The molecule has 0 unspecified atom stereocenters. The Morgan fingerprint density at radius 3 is 2.95 bits per heavy atom. The summed E-state index contributed by atoms with van der Waals surface area (Å²) in [5.74, 6) is 1.95. The second-order valence-corrected chi connectivity index (χ2v) is 4.41. The van der Waals surface area contributed by atoms with Crippen LogP contribution in [0.25, 0.3) is 11.0 Å². The summed E-state index contributed by atoms with van der Waals surface area (Å²) in [6.45, 7) is 0. The number of benzene rings is 2. The number of nitrogens with one attached hydrogen (secondary N) is 1. The minimum absolute atomic E-state index is 0.240. The first kappa shape index (κ1) is 11.6. The van der Waals surface area contributed by atoms with E-state index >= 15 is 0 Å². The Morgan fingerprint density at radius 2 is 2.11 bits per heavy atom. The number of phenols is 1. The number of imidazole rings is 1. The zero-order valence-electron chi connectivity index (χ0n) is 10.6. The van der Waals surface area contributed by atoms with Gasteiger partial charge in [-0.25, -0.2) is 4.98 Å². The van der Waals surface area contributed by atoms with Crippen LogP contribution in [0.5, 0.6) is 11.5 Å². The first-order chi connectivity index (χ1) is 9.24. The van der Waals surface area contributed by atoms with E-state index in [0.29, 0.717) is 6.42 Å². The second-order valence-electron chi connectivity index (χ2n) is 4.41. The van der Waals surface area contributed by atoms with E-state index in [2.05, 4.69) is 9.97 Å². The number of fused-ring (bicyclic) bond motifs is 1. The minimum atomic E-state index is 0.240. The Bertz CT molecular complexity index is 719. The number of hydrogen-bond donors (Lipinski definition) is 2. The molecule has 19 heavy (non-hydrogen) atoms. The van der Waals surface area contributed by atoms with Gasteiger partial charge in [0.15, 0.2) is 0 Å². The van der Waals surface area contributed by atoms with Crippen LogP contribution in [0, 0.1) is 0 Å². The van der Waals surface area contributed by atoms with Gasteiger partial charge in [0.2, 0.25) is 0 Å². The molecule has 3 aromatic rings. The summed E-state index contributed by atoms with van der Waals surface area (Å²) in [4.78, 5) is 7.71. The molecule has 0 fully saturated rings. The summed E-state index contributed by atoms with van der Waals surface area (Å²) < 4.78 is 5.20. The fourth-order valence-electron chi connectivity index (χ4n) is 2.11. The number of rotatable bonds is 3. The zero-order valence-corrected chi connectivity index (χ0v) is 10.6. The highest BCUT2D eigenvalue weighted by molar-refractivity contribution is 5.76. The highest BCUT2D eigenvalue weighted by Crippen LogP contribution is 2.20. The number of hydrogen-bond acceptors (Lipinski definition) is 3. The van der Waals surface area contributed by atoms with E-state index in [9.17, 15) is 5.11 Å². The number of aromatic hydroxyl groups is 1. The van der Waals surface area contributed by atoms with Crippen molar-refractivity contribution >= 4 is 11.0 Å². The van der Waals surface area contributed by atoms with Crippen molar-refractivity contribution in [1.29, 1.82) is 0 Å². The molecule has 0 aliphatic carbocycles. The highest BCUT2D eigenvalue weighted by Gasteiger charge is 2.05. The number of nitrogens with zero attached hydrogens (tertiary/aromatic N) is 1. The molecule has 0 amide bonds. The lowest BCUT2D eigenvalue weighted by Crippen LogP contribution is -1.91. The molecule has 0 atom stereocenters. The molecule has 0 bridgehead atoms. The third kappa shape index (κ3) is 2.38. The predicted molar refractivity (Wildman–Crippen MR) is 73.6 cm³/mol. The standard InChI is InChI=1S/C15H14N2O2/c1-19-12-4-2-3-10(7-12)8-15-16-13-6-5-11(18)9-14(13)17-15/h2-7,9,18H,8H2,1H3,(H,16,17). The Labute approximate surface area is 110 Å². The maximum Gasteiger partial charge on any atom is 0.119 e. The SMILES string of the molecule is COc1cccc(Cc2nc3ccc(O)cc3[nH]2)c1. The minimum Gasteiger partial charge on any atom is -0.508 e. The van der Waals surface area contributed by atoms with Gasteiger partial charge in [0.25, 0.3) is 0 Å². The predicted octanol–water partition coefficient (Wildman–Crippen LogP) is 2.87. The number of H-pyrrole nitrogens is 1. The Kier molecular flexibility index (Phi) is 2.83. The molecule has 96 valence electrons. The van der Waals surface area contributed by atoms with Crippen LogP contribution in [0.4, 0.5) is 0 Å². The van der Waals surface area contributed by atoms with E-state index in [4.69, 9.17) is 4.74 Å². The van der Waals surface area contributed by atoms with Crippen molar-refractivity contribution in [2.24, 2.45) is 0 Å². The number of aromatic amines is 1. The highest BCUT2D eigenvalue weighted by atomic mass is 16.5. The summed E-state index contributed by atoms with van der Waals surface area (Å²) in [5.41, 5.74) is 2.83. The number of aromatic nitrogens is 2. The monoisotopic (exact) mass is 254 g/mol. The first-order valence-electron chi connectivity index (χ1n) is 6.05. The maximum atomic E-state index is 9.43. The van der Waals surface area contributed by atoms with E-state index in [1.54, 1.807) is 25.3 Å². The molecule has 0 radical (unpaired) electrons. The van der Waals surface area contributed by atoms with Gasteiger partial charge in [0.05, 0.1) is 18.1 Å². The van der Waals surface area contributed by atoms with Crippen molar-refractivity contribution in [1.82, 2.24) is 9.97 Å². The van der Waals surface area contributed by atoms with Crippen LogP contribution in [0.1, 0.15) is 11.4 Å². The van der Waals surface area contributed by atoms with E-state index in [-0.39, 0.29) is 5.75 Å². The molecule has 3 rings (SSSR count). The van der Waals surface area contributed by atoms with Gasteiger partial charge in [-0.2, -0.15) is 0 Å². The molecule has 2 N–H and O–H groups in total. The van der Waals surface area contributed by atoms with Crippen molar-refractivity contribution in [3.05, 3.63) is 53.9 Å². The lowest BCUT2D eigenvalue weighted by atomic mass is 10.1. The molecule has 1 heterocycles. The largest absolute Gasteiger partial charge is 0.508 e. The third-order valence-corrected chi connectivity index (χ3v) is 3.02. The van der Waals surface area contributed by atoms with Crippen LogP contribution in [0.15, 0.2) is 42.5 Å². The summed E-state index contributed by atoms with van der Waals surface area (Å²) in [7, 11) is 1.66. The maximum absolute atomic E-state index is 9.43. The average molecular weight is 254 g/mol. The Balaban J connectivity index is 1.92. The molecule has 4 nitrogen and oxygen atoms in total. The quantitative estimate of drug-likeness (QED) is 0.755. The van der Waals surface area contributed by atoms with Gasteiger partial charge in [-0.3, -0.25) is 0 Å². The molecule has 0 saturated carbocycles. The van der Waals surface area contributed by atoms with Crippen LogP contribution < -0.4 is 4.74 Å². The second kappa shape index (κ2) is 4.65. The first-order valence-corrected chi connectivity index (χ1v) is 6.05. The number of phenolic OH excluding ortho intramolecular Hbond substituents is 1. The molecule has 2 aromatic carbocycles. The molecule has 1 aromatic heterocycles. The lowest BCUT2D eigenvalue weighted by molar-refractivity contribution is 0.414. The van der Waals surface area contributed by atoms with Crippen LogP contribution in [0.3, 0.4) is 0 Å². The summed E-state index contributed by atoms with van der Waals surface area (Å²) in [6, 6.07) is 13.0.